The topological polar surface area (TPSA) is 34.4 Å². The van der Waals surface area contributed by atoms with E-state index in [1.165, 1.54) is 10.9 Å². The molecule has 0 saturated carbocycles. The fraction of sp³-hybridized carbons (Fsp3) is 0.429. The Morgan fingerprint density at radius 1 is 1.35 bits per heavy atom. The number of ether oxygens (including phenoxy) is 1. The van der Waals surface area contributed by atoms with Gasteiger partial charge in [-0.2, -0.15) is 0 Å². The number of aromatic nitrogens is 1. The lowest BCUT2D eigenvalue weighted by atomic mass is 10.1. The van der Waals surface area contributed by atoms with Gasteiger partial charge in [-0.1, -0.05) is 25.1 Å². The van der Waals surface area contributed by atoms with Crippen LogP contribution in [0.4, 0.5) is 0 Å². The van der Waals surface area contributed by atoms with Crippen LogP contribution in [-0.4, -0.2) is 21.9 Å². The Labute approximate surface area is 101 Å². The summed E-state index contributed by atoms with van der Waals surface area (Å²) < 4.78 is 8.01. The molecule has 3 nitrogen and oxygen atoms in total. The summed E-state index contributed by atoms with van der Waals surface area (Å²) in [5.41, 5.74) is 1.17. The highest BCUT2D eigenvalue weighted by atomic mass is 16.5. The van der Waals surface area contributed by atoms with Gasteiger partial charge in [0.05, 0.1) is 17.7 Å². The number of benzene rings is 1. The maximum atomic E-state index is 9.89. The first kappa shape index (κ1) is 10.8. The van der Waals surface area contributed by atoms with Crippen molar-refractivity contribution in [3.05, 3.63) is 36.5 Å². The van der Waals surface area contributed by atoms with Crippen LogP contribution in [0.1, 0.15) is 26.0 Å². The Hall–Kier alpha value is -1.32. The second-order valence-corrected chi connectivity index (χ2v) is 4.62. The predicted molar refractivity (Wildman–Crippen MR) is 66.8 cm³/mol. The highest BCUT2D eigenvalue weighted by Crippen LogP contribution is 2.32. The Balaban J connectivity index is 1.95. The van der Waals surface area contributed by atoms with Crippen molar-refractivity contribution in [2.75, 3.05) is 0 Å². The molecule has 17 heavy (non-hydrogen) atoms. The van der Waals surface area contributed by atoms with Crippen LogP contribution in [0.15, 0.2) is 36.5 Å². The first-order valence-corrected chi connectivity index (χ1v) is 6.18. The van der Waals surface area contributed by atoms with Crippen molar-refractivity contribution in [2.45, 2.75) is 38.2 Å². The van der Waals surface area contributed by atoms with E-state index in [-0.39, 0.29) is 18.4 Å². The summed E-state index contributed by atoms with van der Waals surface area (Å²) in [6.07, 6.45) is 3.18. The molecule has 1 fully saturated rings. The third-order valence-corrected chi connectivity index (χ3v) is 3.55. The number of hydrogen-bond donors (Lipinski definition) is 1. The van der Waals surface area contributed by atoms with Gasteiger partial charge in [-0.15, -0.1) is 0 Å². The van der Waals surface area contributed by atoms with Crippen molar-refractivity contribution in [2.24, 2.45) is 0 Å². The number of para-hydroxylation sites is 1. The third kappa shape index (κ3) is 1.75. The Kier molecular flexibility index (Phi) is 2.65. The molecule has 1 aromatic heterocycles. The standard InChI is InChI=1S/C14H17NO2/c1-2-13-12(16)9-14(17-13)15-8-7-10-5-3-4-6-11(10)15/h3-8,12-14,16H,2,9H2,1H3/t12?,13-,14-/m1/s1. The van der Waals surface area contributed by atoms with Crippen LogP contribution in [0, 0.1) is 0 Å². The van der Waals surface area contributed by atoms with Crippen molar-refractivity contribution in [3.8, 4) is 0 Å². The van der Waals surface area contributed by atoms with Crippen molar-refractivity contribution in [1.29, 1.82) is 0 Å². The van der Waals surface area contributed by atoms with Crippen LogP contribution in [-0.2, 0) is 4.74 Å². The highest BCUT2D eigenvalue weighted by Gasteiger charge is 2.33. The molecule has 1 saturated heterocycles. The van der Waals surface area contributed by atoms with Crippen LogP contribution in [0.2, 0.25) is 0 Å². The highest BCUT2D eigenvalue weighted by molar-refractivity contribution is 5.80. The number of aliphatic hydroxyl groups is 1. The van der Waals surface area contributed by atoms with E-state index in [0.29, 0.717) is 6.42 Å². The van der Waals surface area contributed by atoms with Gasteiger partial charge in [0, 0.05) is 12.6 Å². The molecule has 1 N–H and O–H groups in total. The van der Waals surface area contributed by atoms with Gasteiger partial charge in [-0.25, -0.2) is 0 Å². The average molecular weight is 231 g/mol. The molecule has 2 aromatic rings. The Morgan fingerprint density at radius 2 is 2.18 bits per heavy atom. The smallest absolute Gasteiger partial charge is 0.137 e. The summed E-state index contributed by atoms with van der Waals surface area (Å²) in [5, 5.41) is 11.1. The van der Waals surface area contributed by atoms with E-state index < -0.39 is 0 Å². The van der Waals surface area contributed by atoms with E-state index in [0.717, 1.165) is 6.42 Å². The molecule has 90 valence electrons. The van der Waals surface area contributed by atoms with E-state index in [9.17, 15) is 5.11 Å². The van der Waals surface area contributed by atoms with Crippen molar-refractivity contribution < 1.29 is 9.84 Å². The lowest BCUT2D eigenvalue weighted by Gasteiger charge is -2.15. The third-order valence-electron chi connectivity index (χ3n) is 3.55. The second-order valence-electron chi connectivity index (χ2n) is 4.62. The van der Waals surface area contributed by atoms with E-state index >= 15 is 0 Å². The van der Waals surface area contributed by atoms with Gasteiger partial charge >= 0.3 is 0 Å². The van der Waals surface area contributed by atoms with Crippen molar-refractivity contribution >= 4 is 10.9 Å². The molecule has 3 rings (SSSR count). The molecule has 2 heterocycles. The molecule has 3 atom stereocenters. The van der Waals surface area contributed by atoms with Crippen LogP contribution >= 0.6 is 0 Å². The van der Waals surface area contributed by atoms with E-state index in [4.69, 9.17) is 4.74 Å². The molecular formula is C14H17NO2. The van der Waals surface area contributed by atoms with E-state index in [1.807, 2.05) is 25.3 Å². The van der Waals surface area contributed by atoms with Gasteiger partial charge in [0.1, 0.15) is 6.23 Å². The predicted octanol–water partition coefficient (Wildman–Crippen LogP) is 2.70. The molecule has 0 spiro atoms. The van der Waals surface area contributed by atoms with Gasteiger partial charge < -0.3 is 14.4 Å². The number of aliphatic hydroxyl groups excluding tert-OH is 1. The molecular weight excluding hydrogens is 214 g/mol. The summed E-state index contributed by atoms with van der Waals surface area (Å²) in [4.78, 5) is 0. The quantitative estimate of drug-likeness (QED) is 0.862. The molecule has 1 aliphatic heterocycles. The minimum absolute atomic E-state index is 0.0267. The number of fused-ring (bicyclic) bond motifs is 1. The van der Waals surface area contributed by atoms with E-state index in [1.54, 1.807) is 0 Å². The summed E-state index contributed by atoms with van der Waals surface area (Å²) in [7, 11) is 0. The normalized spacial score (nSPS) is 28.9. The van der Waals surface area contributed by atoms with Crippen molar-refractivity contribution in [3.63, 3.8) is 0 Å². The van der Waals surface area contributed by atoms with Gasteiger partial charge in [0.15, 0.2) is 0 Å². The maximum Gasteiger partial charge on any atom is 0.137 e. The minimum atomic E-state index is -0.342. The zero-order valence-corrected chi connectivity index (χ0v) is 9.91. The first-order valence-electron chi connectivity index (χ1n) is 6.18. The maximum absolute atomic E-state index is 9.89. The fourth-order valence-electron chi connectivity index (χ4n) is 2.61. The van der Waals surface area contributed by atoms with Crippen LogP contribution < -0.4 is 0 Å². The van der Waals surface area contributed by atoms with Crippen molar-refractivity contribution in [1.82, 2.24) is 4.57 Å². The minimum Gasteiger partial charge on any atom is -0.390 e. The molecule has 0 radical (unpaired) electrons. The number of rotatable bonds is 2. The molecule has 0 bridgehead atoms. The first-order chi connectivity index (χ1) is 8.29. The Bertz CT molecular complexity index is 520. The average Bonchev–Trinajstić information content (AvgIpc) is 2.92. The lowest BCUT2D eigenvalue weighted by Crippen LogP contribution is -2.19. The monoisotopic (exact) mass is 231 g/mol. The van der Waals surface area contributed by atoms with Crippen LogP contribution in [0.5, 0.6) is 0 Å². The van der Waals surface area contributed by atoms with Crippen LogP contribution in [0.25, 0.3) is 10.9 Å². The summed E-state index contributed by atoms with van der Waals surface area (Å²) >= 11 is 0. The molecule has 1 aliphatic rings. The molecule has 0 aliphatic carbocycles. The van der Waals surface area contributed by atoms with Gasteiger partial charge in [0.25, 0.3) is 0 Å². The molecule has 3 heteroatoms. The van der Waals surface area contributed by atoms with Gasteiger partial charge in [-0.05, 0) is 23.9 Å². The largest absolute Gasteiger partial charge is 0.390 e. The summed E-state index contributed by atoms with van der Waals surface area (Å²) in [6.45, 7) is 2.05. The fourth-order valence-corrected chi connectivity index (χ4v) is 2.61. The van der Waals surface area contributed by atoms with Gasteiger partial charge in [-0.3, -0.25) is 0 Å². The lowest BCUT2D eigenvalue weighted by molar-refractivity contribution is -0.0178. The SMILES string of the molecule is CC[C@H]1O[C@@H](n2ccc3ccccc32)CC1O. The number of nitrogens with zero attached hydrogens (tertiary/aromatic N) is 1. The molecule has 1 aromatic carbocycles. The zero-order valence-electron chi connectivity index (χ0n) is 9.91. The van der Waals surface area contributed by atoms with Crippen LogP contribution in [0.3, 0.4) is 0 Å². The Morgan fingerprint density at radius 3 is 2.94 bits per heavy atom. The zero-order chi connectivity index (χ0) is 11.8. The summed E-state index contributed by atoms with van der Waals surface area (Å²) in [6, 6.07) is 10.3. The molecule has 1 unspecified atom stereocenters. The van der Waals surface area contributed by atoms with E-state index in [2.05, 4.69) is 22.8 Å². The van der Waals surface area contributed by atoms with Gasteiger partial charge in [0.2, 0.25) is 0 Å². The molecule has 0 amide bonds. The summed E-state index contributed by atoms with van der Waals surface area (Å²) in [5.74, 6) is 0. The second kappa shape index (κ2) is 4.17. The number of hydrogen-bond acceptors (Lipinski definition) is 2.